The number of hydrogen-bond donors (Lipinski definition) is 3. The molecule has 5 aliphatic carbocycles. The zero-order chi connectivity index (χ0) is 33.3. The first-order chi connectivity index (χ1) is 21.6. The van der Waals surface area contributed by atoms with Gasteiger partial charge >= 0.3 is 5.97 Å². The number of amides is 1. The van der Waals surface area contributed by atoms with Crippen molar-refractivity contribution in [3.05, 3.63) is 53.6 Å². The summed E-state index contributed by atoms with van der Waals surface area (Å²) in [6.07, 6.45) is 14.5. The highest BCUT2D eigenvalue weighted by atomic mass is 16.4. The van der Waals surface area contributed by atoms with Crippen molar-refractivity contribution in [3.63, 3.8) is 0 Å². The van der Waals surface area contributed by atoms with Crippen LogP contribution in [0.25, 0.3) is 5.57 Å². The molecule has 0 heterocycles. The van der Waals surface area contributed by atoms with Crippen molar-refractivity contribution in [2.75, 3.05) is 20.1 Å². The fraction of sp³-hybridized carbons (Fsp3) is 0.707. The van der Waals surface area contributed by atoms with Crippen LogP contribution in [0.5, 0.6) is 0 Å². The molecule has 0 spiro atoms. The number of nitrogens with one attached hydrogen (secondary N) is 2. The highest BCUT2D eigenvalue weighted by Gasteiger charge is 2.70. The highest BCUT2D eigenvalue weighted by Crippen LogP contribution is 2.77. The maximum Gasteiger partial charge on any atom is 0.335 e. The lowest BCUT2D eigenvalue weighted by atomic mass is 9.32. The normalized spacial score (nSPS) is 40.8. The molecule has 6 rings (SSSR count). The van der Waals surface area contributed by atoms with Crippen molar-refractivity contribution < 1.29 is 14.7 Å². The molecule has 0 unspecified atom stereocenters. The molecule has 5 aliphatic rings. The van der Waals surface area contributed by atoms with Crippen LogP contribution in [0.4, 0.5) is 0 Å². The lowest BCUT2D eigenvalue weighted by Gasteiger charge is -2.72. The van der Waals surface area contributed by atoms with Gasteiger partial charge in [-0.25, -0.2) is 4.79 Å². The van der Waals surface area contributed by atoms with Gasteiger partial charge in [0.05, 0.1) is 5.56 Å². The first-order valence-electron chi connectivity index (χ1n) is 18.3. The summed E-state index contributed by atoms with van der Waals surface area (Å²) in [5.74, 6) is 2.52. The number of benzene rings is 1. The van der Waals surface area contributed by atoms with E-state index in [0.29, 0.717) is 57.8 Å². The first kappa shape index (κ1) is 33.5. The number of carbonyl (C=O) groups excluding carboxylic acids is 1. The molecular formula is C41H60N2O3. The second-order valence-electron chi connectivity index (χ2n) is 17.6. The number of carbonyl (C=O) groups is 2. The van der Waals surface area contributed by atoms with Gasteiger partial charge in [0, 0.05) is 26.6 Å². The fourth-order valence-electron chi connectivity index (χ4n) is 13.1. The van der Waals surface area contributed by atoms with Crippen LogP contribution < -0.4 is 10.6 Å². The van der Waals surface area contributed by atoms with Crippen LogP contribution in [0.15, 0.2) is 42.5 Å². The summed E-state index contributed by atoms with van der Waals surface area (Å²) in [6.45, 7) is 21.6. The van der Waals surface area contributed by atoms with Crippen molar-refractivity contribution in [2.45, 2.75) is 106 Å². The zero-order valence-electron chi connectivity index (χ0n) is 29.7. The number of aromatic carboxylic acids is 1. The monoisotopic (exact) mass is 628 g/mol. The van der Waals surface area contributed by atoms with Gasteiger partial charge in [-0.15, -0.1) is 0 Å². The molecule has 5 heteroatoms. The summed E-state index contributed by atoms with van der Waals surface area (Å²) in [5.41, 5.74) is 5.50. The van der Waals surface area contributed by atoms with Crippen LogP contribution in [0, 0.1) is 56.7 Å². The average molecular weight is 629 g/mol. The Morgan fingerprint density at radius 1 is 0.913 bits per heavy atom. The third-order valence-corrected chi connectivity index (χ3v) is 15.5. The Kier molecular flexibility index (Phi) is 8.47. The van der Waals surface area contributed by atoms with Crippen LogP contribution in [0.3, 0.4) is 0 Å². The minimum atomic E-state index is -0.865. The topological polar surface area (TPSA) is 78.4 Å². The van der Waals surface area contributed by atoms with Crippen molar-refractivity contribution in [3.8, 4) is 0 Å². The van der Waals surface area contributed by atoms with E-state index in [1.54, 1.807) is 19.2 Å². The van der Waals surface area contributed by atoms with Crippen LogP contribution >= 0.6 is 0 Å². The quantitative estimate of drug-likeness (QED) is 0.199. The predicted molar refractivity (Wildman–Crippen MR) is 187 cm³/mol. The standard InChI is InChI=1S/C41H60N2O3/c1-26(2)29-15-21-41(25-43-24-18-34(44)42-8)23-22-39(6)31(35(29)41)13-14-33-38(5)19-16-30(27-9-11-28(12-10-27)36(45)46)37(3,4)32(38)17-20-40(33,39)7/h9-12,16,29,31-33,35,43H,1,13-15,17-25H2,2-8H3,(H,42,44)(H,45,46)/t29-,31+,32-,33+,35+,38-,39+,40+,41+/m0/s1. The predicted octanol–water partition coefficient (Wildman–Crippen LogP) is 8.76. The van der Waals surface area contributed by atoms with E-state index >= 15 is 0 Å². The lowest BCUT2D eigenvalue weighted by Crippen LogP contribution is -2.65. The molecule has 46 heavy (non-hydrogen) atoms. The van der Waals surface area contributed by atoms with E-state index in [0.717, 1.165) is 19.5 Å². The summed E-state index contributed by atoms with van der Waals surface area (Å²) < 4.78 is 0. The molecule has 252 valence electrons. The van der Waals surface area contributed by atoms with Crippen LogP contribution in [-0.2, 0) is 4.79 Å². The Balaban J connectivity index is 1.30. The lowest BCUT2D eigenvalue weighted by molar-refractivity contribution is -0.225. The molecule has 0 aromatic heterocycles. The van der Waals surface area contributed by atoms with E-state index in [-0.39, 0.29) is 16.7 Å². The molecule has 0 saturated heterocycles. The number of fused-ring (bicyclic) bond motifs is 7. The number of carboxylic acids is 1. The van der Waals surface area contributed by atoms with Gasteiger partial charge in [-0.3, -0.25) is 4.79 Å². The van der Waals surface area contributed by atoms with Gasteiger partial charge < -0.3 is 15.7 Å². The molecule has 1 amide bonds. The van der Waals surface area contributed by atoms with Gasteiger partial charge in [0.2, 0.25) is 5.91 Å². The number of hydrogen-bond acceptors (Lipinski definition) is 3. The molecule has 4 saturated carbocycles. The summed E-state index contributed by atoms with van der Waals surface area (Å²) in [6, 6.07) is 7.59. The van der Waals surface area contributed by atoms with Gasteiger partial charge in [-0.05, 0) is 145 Å². The number of allylic oxidation sites excluding steroid dienone is 3. The number of rotatable bonds is 8. The first-order valence-corrected chi connectivity index (χ1v) is 18.3. The van der Waals surface area contributed by atoms with E-state index in [2.05, 4.69) is 64.8 Å². The Bertz CT molecular complexity index is 1410. The Morgan fingerprint density at radius 2 is 1.63 bits per heavy atom. The van der Waals surface area contributed by atoms with Gasteiger partial charge in [-0.2, -0.15) is 0 Å². The molecule has 4 fully saturated rings. The average Bonchev–Trinajstić information content (AvgIpc) is 3.39. The van der Waals surface area contributed by atoms with Gasteiger partial charge in [-0.1, -0.05) is 65.0 Å². The van der Waals surface area contributed by atoms with Crippen molar-refractivity contribution in [1.29, 1.82) is 0 Å². The SMILES string of the molecule is C=C(C)[C@@H]1CC[C@]2(CNCCC(=O)NC)CC[C@]3(C)[C@H](CC[C@@H]4[C@@]5(C)CC=C(c6ccc(C(=O)O)cc6)C(C)(C)[C@@H]5CC[C@]43C)[C@@H]12. The zero-order valence-corrected chi connectivity index (χ0v) is 29.7. The molecule has 1 aromatic rings. The fourth-order valence-corrected chi connectivity index (χ4v) is 13.1. The Morgan fingerprint density at radius 3 is 2.28 bits per heavy atom. The Hall–Kier alpha value is -2.40. The van der Waals surface area contributed by atoms with Crippen LogP contribution in [-0.4, -0.2) is 37.1 Å². The summed E-state index contributed by atoms with van der Waals surface area (Å²) in [5, 5.41) is 16.0. The molecule has 3 N–H and O–H groups in total. The van der Waals surface area contributed by atoms with E-state index < -0.39 is 5.97 Å². The molecule has 0 radical (unpaired) electrons. The second-order valence-corrected chi connectivity index (χ2v) is 17.6. The van der Waals surface area contributed by atoms with E-state index in [1.807, 2.05) is 12.1 Å². The minimum absolute atomic E-state index is 0.0232. The van der Waals surface area contributed by atoms with Crippen molar-refractivity contribution in [1.82, 2.24) is 10.6 Å². The maximum atomic E-state index is 11.9. The highest BCUT2D eigenvalue weighted by molar-refractivity contribution is 5.88. The maximum absolute atomic E-state index is 11.9. The number of carboxylic acid groups (broad SMARTS) is 1. The third-order valence-electron chi connectivity index (χ3n) is 15.5. The molecule has 1 aromatic carbocycles. The second kappa shape index (κ2) is 11.6. The minimum Gasteiger partial charge on any atom is -0.478 e. The van der Waals surface area contributed by atoms with Crippen molar-refractivity contribution >= 4 is 17.4 Å². The van der Waals surface area contributed by atoms with E-state index in [9.17, 15) is 14.7 Å². The molecule has 9 atom stereocenters. The van der Waals surface area contributed by atoms with Crippen LogP contribution in [0.2, 0.25) is 0 Å². The summed E-state index contributed by atoms with van der Waals surface area (Å²) in [7, 11) is 1.73. The van der Waals surface area contributed by atoms with E-state index in [1.165, 1.54) is 68.1 Å². The smallest absolute Gasteiger partial charge is 0.335 e. The largest absolute Gasteiger partial charge is 0.478 e. The van der Waals surface area contributed by atoms with Crippen molar-refractivity contribution in [2.24, 2.45) is 56.7 Å². The van der Waals surface area contributed by atoms with E-state index in [4.69, 9.17) is 0 Å². The molecule has 0 bridgehead atoms. The van der Waals surface area contributed by atoms with Gasteiger partial charge in [0.25, 0.3) is 0 Å². The summed E-state index contributed by atoms with van der Waals surface area (Å²) >= 11 is 0. The molecular weight excluding hydrogens is 568 g/mol. The summed E-state index contributed by atoms with van der Waals surface area (Å²) in [4.78, 5) is 23.5. The molecule has 5 nitrogen and oxygen atoms in total. The third kappa shape index (κ3) is 4.88. The van der Waals surface area contributed by atoms with Gasteiger partial charge in [0.1, 0.15) is 0 Å². The molecule has 0 aliphatic heterocycles. The van der Waals surface area contributed by atoms with Crippen LogP contribution in [0.1, 0.15) is 122 Å². The Labute approximate surface area is 278 Å². The van der Waals surface area contributed by atoms with Gasteiger partial charge in [0.15, 0.2) is 0 Å².